The molecule has 0 aliphatic carbocycles. The Morgan fingerprint density at radius 2 is 1.75 bits per heavy atom. The van der Waals surface area contributed by atoms with Crippen LogP contribution >= 0.6 is 12.4 Å². The SMILES string of the molecule is CCCC(N)C(=O)Nc1ccc(Oc2ccccc2OC)cc1.Cl. The Morgan fingerprint density at radius 3 is 2.33 bits per heavy atom. The molecule has 2 rings (SSSR count). The number of carbonyl (C=O) groups excluding carboxylic acids is 1. The van der Waals surface area contributed by atoms with E-state index in [0.29, 0.717) is 29.4 Å². The van der Waals surface area contributed by atoms with Crippen LogP contribution in [0.2, 0.25) is 0 Å². The lowest BCUT2D eigenvalue weighted by Gasteiger charge is -2.12. The number of hydrogen-bond donors (Lipinski definition) is 2. The standard InChI is InChI=1S/C18H22N2O3.ClH/c1-3-6-15(19)18(21)20-13-9-11-14(12-10-13)23-17-8-5-4-7-16(17)22-2;/h4-5,7-12,15H,3,6,19H2,1-2H3,(H,20,21);1H. The predicted molar refractivity (Wildman–Crippen MR) is 98.3 cm³/mol. The van der Waals surface area contributed by atoms with Gasteiger partial charge in [-0.2, -0.15) is 0 Å². The number of hydrogen-bond acceptors (Lipinski definition) is 4. The number of benzene rings is 2. The third kappa shape index (κ3) is 5.44. The molecular formula is C18H23ClN2O3. The van der Waals surface area contributed by atoms with E-state index in [1.807, 2.05) is 31.2 Å². The molecule has 1 unspecified atom stereocenters. The number of para-hydroxylation sites is 2. The first-order valence-corrected chi connectivity index (χ1v) is 7.61. The van der Waals surface area contributed by atoms with Gasteiger partial charge >= 0.3 is 0 Å². The van der Waals surface area contributed by atoms with Crippen molar-refractivity contribution in [1.29, 1.82) is 0 Å². The smallest absolute Gasteiger partial charge is 0.241 e. The first-order chi connectivity index (χ1) is 11.1. The molecule has 0 spiro atoms. The Hall–Kier alpha value is -2.24. The number of amides is 1. The minimum absolute atomic E-state index is 0. The van der Waals surface area contributed by atoms with Crippen LogP contribution in [0.4, 0.5) is 5.69 Å². The zero-order valence-electron chi connectivity index (χ0n) is 13.8. The Morgan fingerprint density at radius 1 is 1.12 bits per heavy atom. The summed E-state index contributed by atoms with van der Waals surface area (Å²) >= 11 is 0. The highest BCUT2D eigenvalue weighted by Gasteiger charge is 2.12. The average molecular weight is 351 g/mol. The summed E-state index contributed by atoms with van der Waals surface area (Å²) in [7, 11) is 1.60. The zero-order chi connectivity index (χ0) is 16.7. The minimum Gasteiger partial charge on any atom is -0.493 e. The molecule has 0 radical (unpaired) electrons. The van der Waals surface area contributed by atoms with Gasteiger partial charge in [-0.25, -0.2) is 0 Å². The Labute approximate surface area is 148 Å². The molecule has 0 aliphatic heterocycles. The fourth-order valence-corrected chi connectivity index (χ4v) is 2.11. The van der Waals surface area contributed by atoms with E-state index in [9.17, 15) is 4.79 Å². The highest BCUT2D eigenvalue weighted by atomic mass is 35.5. The van der Waals surface area contributed by atoms with Crippen LogP contribution in [0.1, 0.15) is 19.8 Å². The van der Waals surface area contributed by atoms with Crippen molar-refractivity contribution in [1.82, 2.24) is 0 Å². The molecule has 1 atom stereocenters. The molecular weight excluding hydrogens is 328 g/mol. The molecule has 0 saturated heterocycles. The lowest BCUT2D eigenvalue weighted by atomic mass is 10.1. The molecule has 0 fully saturated rings. The van der Waals surface area contributed by atoms with Gasteiger partial charge in [0.1, 0.15) is 5.75 Å². The maximum atomic E-state index is 11.9. The molecule has 130 valence electrons. The molecule has 0 bridgehead atoms. The van der Waals surface area contributed by atoms with Crippen LogP contribution in [0, 0.1) is 0 Å². The van der Waals surface area contributed by atoms with Crippen molar-refractivity contribution in [2.75, 3.05) is 12.4 Å². The molecule has 24 heavy (non-hydrogen) atoms. The second-order valence-corrected chi connectivity index (χ2v) is 5.16. The van der Waals surface area contributed by atoms with E-state index >= 15 is 0 Å². The van der Waals surface area contributed by atoms with Gasteiger partial charge in [0.05, 0.1) is 13.2 Å². The van der Waals surface area contributed by atoms with E-state index in [0.717, 1.165) is 6.42 Å². The monoisotopic (exact) mass is 350 g/mol. The molecule has 2 aromatic rings. The van der Waals surface area contributed by atoms with Crippen molar-refractivity contribution < 1.29 is 14.3 Å². The van der Waals surface area contributed by atoms with Crippen LogP contribution in [0.15, 0.2) is 48.5 Å². The number of ether oxygens (including phenoxy) is 2. The number of rotatable bonds is 7. The molecule has 3 N–H and O–H groups in total. The highest BCUT2D eigenvalue weighted by molar-refractivity contribution is 5.94. The van der Waals surface area contributed by atoms with Gasteiger partial charge in [-0.05, 0) is 42.8 Å². The van der Waals surface area contributed by atoms with Gasteiger partial charge in [0.2, 0.25) is 5.91 Å². The quantitative estimate of drug-likeness (QED) is 0.792. The van der Waals surface area contributed by atoms with Gasteiger partial charge in [-0.3, -0.25) is 4.79 Å². The van der Waals surface area contributed by atoms with Crippen molar-refractivity contribution in [3.05, 3.63) is 48.5 Å². The lowest BCUT2D eigenvalue weighted by Crippen LogP contribution is -2.35. The Kier molecular flexibility index (Phi) is 8.09. The largest absolute Gasteiger partial charge is 0.493 e. The molecule has 2 aromatic carbocycles. The maximum Gasteiger partial charge on any atom is 0.241 e. The third-order valence-corrected chi connectivity index (χ3v) is 3.36. The number of methoxy groups -OCH3 is 1. The number of nitrogens with two attached hydrogens (primary N) is 1. The number of nitrogens with one attached hydrogen (secondary N) is 1. The predicted octanol–water partition coefficient (Wildman–Crippen LogP) is 3.98. The van der Waals surface area contributed by atoms with Crippen molar-refractivity contribution >= 4 is 24.0 Å². The minimum atomic E-state index is -0.482. The van der Waals surface area contributed by atoms with Crippen molar-refractivity contribution in [3.63, 3.8) is 0 Å². The summed E-state index contributed by atoms with van der Waals surface area (Å²) in [6.45, 7) is 2.00. The van der Waals surface area contributed by atoms with Crippen LogP contribution in [-0.2, 0) is 4.79 Å². The molecule has 5 nitrogen and oxygen atoms in total. The van der Waals surface area contributed by atoms with Crippen molar-refractivity contribution in [2.45, 2.75) is 25.8 Å². The van der Waals surface area contributed by atoms with Gasteiger partial charge in [0, 0.05) is 5.69 Å². The van der Waals surface area contributed by atoms with Crippen LogP contribution in [0.25, 0.3) is 0 Å². The molecule has 0 saturated carbocycles. The van der Waals surface area contributed by atoms with E-state index in [1.165, 1.54) is 0 Å². The van der Waals surface area contributed by atoms with E-state index in [2.05, 4.69) is 5.32 Å². The Bertz CT molecular complexity index is 647. The zero-order valence-corrected chi connectivity index (χ0v) is 14.6. The topological polar surface area (TPSA) is 73.6 Å². The van der Waals surface area contributed by atoms with E-state index < -0.39 is 6.04 Å². The van der Waals surface area contributed by atoms with Crippen LogP contribution in [0.5, 0.6) is 17.2 Å². The summed E-state index contributed by atoms with van der Waals surface area (Å²) in [6, 6.07) is 14.1. The first-order valence-electron chi connectivity index (χ1n) is 7.61. The summed E-state index contributed by atoms with van der Waals surface area (Å²) < 4.78 is 11.0. The van der Waals surface area contributed by atoms with E-state index in [-0.39, 0.29) is 18.3 Å². The van der Waals surface area contributed by atoms with Gasteiger partial charge in [-0.15, -0.1) is 12.4 Å². The van der Waals surface area contributed by atoms with Gasteiger partial charge < -0.3 is 20.5 Å². The fourth-order valence-electron chi connectivity index (χ4n) is 2.11. The van der Waals surface area contributed by atoms with Crippen molar-refractivity contribution in [2.24, 2.45) is 5.73 Å². The van der Waals surface area contributed by atoms with E-state index in [1.54, 1.807) is 31.4 Å². The normalized spacial score (nSPS) is 11.1. The second-order valence-electron chi connectivity index (χ2n) is 5.16. The number of carbonyl (C=O) groups is 1. The highest BCUT2D eigenvalue weighted by Crippen LogP contribution is 2.31. The lowest BCUT2D eigenvalue weighted by molar-refractivity contribution is -0.117. The Balaban J connectivity index is 0.00000288. The van der Waals surface area contributed by atoms with Crippen LogP contribution in [0.3, 0.4) is 0 Å². The first kappa shape index (κ1) is 19.8. The summed E-state index contributed by atoms with van der Waals surface area (Å²) in [4.78, 5) is 11.9. The third-order valence-electron chi connectivity index (χ3n) is 3.36. The summed E-state index contributed by atoms with van der Waals surface area (Å²) in [5, 5.41) is 2.80. The van der Waals surface area contributed by atoms with Gasteiger partial charge in [0.15, 0.2) is 11.5 Å². The number of halogens is 1. The van der Waals surface area contributed by atoms with Crippen LogP contribution in [-0.4, -0.2) is 19.1 Å². The van der Waals surface area contributed by atoms with Crippen LogP contribution < -0.4 is 20.5 Å². The van der Waals surface area contributed by atoms with Gasteiger partial charge in [-0.1, -0.05) is 25.5 Å². The summed E-state index contributed by atoms with van der Waals surface area (Å²) in [5.41, 5.74) is 6.48. The van der Waals surface area contributed by atoms with Crippen molar-refractivity contribution in [3.8, 4) is 17.2 Å². The fraction of sp³-hybridized carbons (Fsp3) is 0.278. The van der Waals surface area contributed by atoms with Gasteiger partial charge in [0.25, 0.3) is 0 Å². The molecule has 0 heterocycles. The second kappa shape index (κ2) is 9.80. The molecule has 0 aliphatic rings. The molecule has 0 aromatic heterocycles. The maximum absolute atomic E-state index is 11.9. The van der Waals surface area contributed by atoms with E-state index in [4.69, 9.17) is 15.2 Å². The molecule has 1 amide bonds. The molecule has 6 heteroatoms. The summed E-state index contributed by atoms with van der Waals surface area (Å²) in [5.74, 6) is 1.78. The average Bonchev–Trinajstić information content (AvgIpc) is 2.57. The summed E-state index contributed by atoms with van der Waals surface area (Å²) in [6.07, 6.45) is 1.54. The number of anilines is 1.